The number of carbonyl (C=O) groups is 3. The third-order valence-electron chi connectivity index (χ3n) is 9.57. The highest BCUT2D eigenvalue weighted by Gasteiger charge is 2.63. The number of likely N-dealkylation sites (tertiary alicyclic amines) is 1. The van der Waals surface area contributed by atoms with Gasteiger partial charge in [0, 0.05) is 24.6 Å². The van der Waals surface area contributed by atoms with Crippen molar-refractivity contribution in [2.45, 2.75) is 77.5 Å². The predicted molar refractivity (Wildman–Crippen MR) is 167 cm³/mol. The van der Waals surface area contributed by atoms with Gasteiger partial charge < -0.3 is 29.2 Å². The average Bonchev–Trinajstić information content (AvgIpc) is 3.78. The third-order valence-corrected chi connectivity index (χ3v) is 9.57. The van der Waals surface area contributed by atoms with Gasteiger partial charge in [0.1, 0.15) is 5.41 Å². The minimum atomic E-state index is -1.19. The molecule has 0 radical (unpaired) electrons. The summed E-state index contributed by atoms with van der Waals surface area (Å²) in [5.41, 5.74) is 1.56. The normalized spacial score (nSPS) is 25.5. The first-order chi connectivity index (χ1) is 21.8. The van der Waals surface area contributed by atoms with Crippen LogP contribution in [0.25, 0.3) is 0 Å². The lowest BCUT2D eigenvalue weighted by Crippen LogP contribution is -2.61. The van der Waals surface area contributed by atoms with E-state index < -0.39 is 23.4 Å². The van der Waals surface area contributed by atoms with Crippen molar-refractivity contribution in [1.29, 1.82) is 0 Å². The molecule has 6 rings (SSSR count). The number of piperidine rings is 1. The largest absolute Gasteiger partial charge is 0.468 e. The van der Waals surface area contributed by atoms with E-state index in [2.05, 4.69) is 31.3 Å². The number of aryl methyl sites for hydroxylation is 1. The van der Waals surface area contributed by atoms with Gasteiger partial charge in [-0.2, -0.15) is 0 Å². The molecule has 4 aliphatic rings. The predicted octanol–water partition coefficient (Wildman–Crippen LogP) is 5.17. The Bertz CT molecular complexity index is 1440. The van der Waals surface area contributed by atoms with Gasteiger partial charge in [-0.3, -0.25) is 14.4 Å². The van der Waals surface area contributed by atoms with Gasteiger partial charge in [-0.05, 0) is 79.7 Å². The molecule has 4 atom stereocenters. The Kier molecular flexibility index (Phi) is 9.17. The molecule has 0 aromatic heterocycles. The fourth-order valence-corrected chi connectivity index (χ4v) is 7.06. The van der Waals surface area contributed by atoms with Crippen molar-refractivity contribution >= 4 is 17.8 Å². The molecular formula is C36H44N2O7. The number of hydrogen-bond acceptors (Lipinski definition) is 7. The zero-order valence-corrected chi connectivity index (χ0v) is 26.5. The lowest BCUT2D eigenvalue weighted by molar-refractivity contribution is -0.182. The molecule has 2 aromatic carbocycles. The van der Waals surface area contributed by atoms with Crippen molar-refractivity contribution in [3.63, 3.8) is 0 Å². The number of esters is 1. The van der Waals surface area contributed by atoms with Crippen molar-refractivity contribution < 1.29 is 33.3 Å². The molecule has 9 heteroatoms. The van der Waals surface area contributed by atoms with Crippen molar-refractivity contribution in [1.82, 2.24) is 10.2 Å². The number of carbonyl (C=O) groups excluding carboxylic acids is 3. The number of benzene rings is 2. The van der Waals surface area contributed by atoms with Gasteiger partial charge in [0.2, 0.25) is 18.6 Å². The third kappa shape index (κ3) is 6.45. The molecule has 0 spiro atoms. The zero-order valence-electron chi connectivity index (χ0n) is 26.5. The second-order valence-electron chi connectivity index (χ2n) is 13.1. The van der Waals surface area contributed by atoms with Crippen LogP contribution in [0.3, 0.4) is 0 Å². The molecule has 1 saturated carbocycles. The summed E-state index contributed by atoms with van der Waals surface area (Å²) in [6, 6.07) is 15.9. The summed E-state index contributed by atoms with van der Waals surface area (Å²) in [7, 11) is 1.39. The zero-order chi connectivity index (χ0) is 31.6. The number of amides is 2. The summed E-state index contributed by atoms with van der Waals surface area (Å²) in [6.45, 7) is 5.07. The van der Waals surface area contributed by atoms with E-state index in [0.29, 0.717) is 23.7 Å². The number of fused-ring (bicyclic) bond motifs is 2. The van der Waals surface area contributed by atoms with Gasteiger partial charge in [0.15, 0.2) is 11.5 Å². The minimum absolute atomic E-state index is 0.00776. The highest BCUT2D eigenvalue weighted by molar-refractivity contribution is 5.93. The highest BCUT2D eigenvalue weighted by Crippen LogP contribution is 2.57. The molecule has 1 aliphatic carbocycles. The van der Waals surface area contributed by atoms with Gasteiger partial charge in [0.05, 0.1) is 25.9 Å². The van der Waals surface area contributed by atoms with Gasteiger partial charge in [-0.1, -0.05) is 50.2 Å². The molecule has 2 amide bonds. The topological polar surface area (TPSA) is 103 Å². The number of nitrogens with zero attached hydrogens (tertiary/aromatic N) is 1. The molecule has 0 bridgehead atoms. The van der Waals surface area contributed by atoms with E-state index >= 15 is 0 Å². The number of nitrogens with one attached hydrogen (secondary N) is 1. The maximum atomic E-state index is 14.4. The first-order valence-corrected chi connectivity index (χ1v) is 16.3. The maximum Gasteiger partial charge on any atom is 0.320 e. The SMILES string of the molecule is COC(=O)[C@]12C[C@H](CC(=O)NCCCCc3ccccc3)C(=O)N(Cc3ccc4c(c3)OCO4)C1=C[C@H](C(C)C)O[C@@H]2C1CC1. The smallest absolute Gasteiger partial charge is 0.320 e. The summed E-state index contributed by atoms with van der Waals surface area (Å²) in [5, 5.41) is 3.02. The molecular weight excluding hydrogens is 572 g/mol. The number of methoxy groups -OCH3 is 1. The molecule has 1 saturated heterocycles. The van der Waals surface area contributed by atoms with Crippen LogP contribution in [0.2, 0.25) is 0 Å². The molecule has 0 unspecified atom stereocenters. The summed E-state index contributed by atoms with van der Waals surface area (Å²) in [6.07, 6.45) is 6.06. The van der Waals surface area contributed by atoms with Crippen LogP contribution < -0.4 is 14.8 Å². The fraction of sp³-hybridized carbons (Fsp3) is 0.528. The average molecular weight is 617 g/mol. The Balaban J connectivity index is 1.26. The lowest BCUT2D eigenvalue weighted by atomic mass is 9.64. The van der Waals surface area contributed by atoms with Gasteiger partial charge in [-0.25, -0.2) is 0 Å². The fourth-order valence-electron chi connectivity index (χ4n) is 7.06. The molecule has 2 fully saturated rings. The van der Waals surface area contributed by atoms with Crippen molar-refractivity contribution in [3.8, 4) is 11.5 Å². The first kappa shape index (κ1) is 31.1. The second kappa shape index (κ2) is 13.3. The quantitative estimate of drug-likeness (QED) is 0.259. The van der Waals surface area contributed by atoms with E-state index in [0.717, 1.165) is 37.7 Å². The van der Waals surface area contributed by atoms with E-state index in [4.69, 9.17) is 18.9 Å². The van der Waals surface area contributed by atoms with Crippen molar-refractivity contribution in [3.05, 3.63) is 71.4 Å². The Morgan fingerprint density at radius 3 is 2.56 bits per heavy atom. The summed E-state index contributed by atoms with van der Waals surface area (Å²) < 4.78 is 23.3. The number of ether oxygens (including phenoxy) is 4. The molecule has 45 heavy (non-hydrogen) atoms. The summed E-state index contributed by atoms with van der Waals surface area (Å²) >= 11 is 0. The molecule has 3 aliphatic heterocycles. The second-order valence-corrected chi connectivity index (χ2v) is 13.1. The van der Waals surface area contributed by atoms with Crippen LogP contribution in [0.4, 0.5) is 0 Å². The van der Waals surface area contributed by atoms with Crippen LogP contribution in [0.15, 0.2) is 60.3 Å². The van der Waals surface area contributed by atoms with Crippen LogP contribution in [0, 0.1) is 23.2 Å². The molecule has 3 heterocycles. The first-order valence-electron chi connectivity index (χ1n) is 16.3. The summed E-state index contributed by atoms with van der Waals surface area (Å²) in [5.74, 6) is 0.125. The number of hydrogen-bond donors (Lipinski definition) is 1. The Hall–Kier alpha value is -3.85. The standard InChI is InChI=1S/C36H44N2O7/c1-23(2)29-19-31-36(35(41)42-3,33(45-29)26-13-14-26)20-27(18-32(39)37-16-8-7-11-24-9-5-4-6-10-24)34(40)38(31)21-25-12-15-28-30(17-25)44-22-43-28/h4-6,9-10,12,15,17,19,23,26-27,29,33H,7-8,11,13-14,16,18,20-22H2,1-3H3,(H,37,39)/t27-,29+,33+,36+/m0/s1. The van der Waals surface area contributed by atoms with E-state index in [1.54, 1.807) is 4.90 Å². The Labute approximate surface area is 265 Å². The highest BCUT2D eigenvalue weighted by atomic mass is 16.7. The van der Waals surface area contributed by atoms with Crippen molar-refractivity contribution in [2.75, 3.05) is 20.4 Å². The van der Waals surface area contributed by atoms with E-state index in [-0.39, 0.29) is 55.9 Å². The van der Waals surface area contributed by atoms with Crippen LogP contribution in [-0.2, 0) is 36.8 Å². The maximum absolute atomic E-state index is 14.4. The van der Waals surface area contributed by atoms with Crippen LogP contribution >= 0.6 is 0 Å². The monoisotopic (exact) mass is 616 g/mol. The van der Waals surface area contributed by atoms with Crippen LogP contribution in [0.1, 0.15) is 63.5 Å². The summed E-state index contributed by atoms with van der Waals surface area (Å²) in [4.78, 5) is 43.3. The van der Waals surface area contributed by atoms with E-state index in [9.17, 15) is 14.4 Å². The van der Waals surface area contributed by atoms with Crippen molar-refractivity contribution in [2.24, 2.45) is 23.2 Å². The molecule has 9 nitrogen and oxygen atoms in total. The van der Waals surface area contributed by atoms with E-state index in [1.807, 2.05) is 42.5 Å². The number of rotatable bonds is 12. The Morgan fingerprint density at radius 1 is 1.04 bits per heavy atom. The van der Waals surface area contributed by atoms with Crippen LogP contribution in [0.5, 0.6) is 11.5 Å². The minimum Gasteiger partial charge on any atom is -0.468 e. The lowest BCUT2D eigenvalue weighted by Gasteiger charge is -2.53. The Morgan fingerprint density at radius 2 is 1.82 bits per heavy atom. The van der Waals surface area contributed by atoms with E-state index in [1.165, 1.54) is 12.7 Å². The van der Waals surface area contributed by atoms with Crippen LogP contribution in [-0.4, -0.2) is 55.3 Å². The molecule has 1 N–H and O–H groups in total. The van der Waals surface area contributed by atoms with Gasteiger partial charge in [0.25, 0.3) is 0 Å². The van der Waals surface area contributed by atoms with Gasteiger partial charge in [-0.15, -0.1) is 0 Å². The number of unbranched alkanes of at least 4 members (excludes halogenated alkanes) is 1. The molecule has 240 valence electrons. The molecule has 2 aromatic rings. The van der Waals surface area contributed by atoms with Gasteiger partial charge >= 0.3 is 5.97 Å².